The molecule has 7 nitrogen and oxygen atoms in total. The Morgan fingerprint density at radius 3 is 2.72 bits per heavy atom. The molecule has 0 spiro atoms. The summed E-state index contributed by atoms with van der Waals surface area (Å²) in [5, 5.41) is 9.49. The molecule has 3 aromatic rings. The fraction of sp³-hybridized carbons (Fsp3) is 0.381. The number of thioether (sulfide) groups is 1. The third-order valence-electron chi connectivity index (χ3n) is 4.90. The minimum absolute atomic E-state index is 0.0907. The van der Waals surface area contributed by atoms with Gasteiger partial charge in [0.25, 0.3) is 0 Å². The van der Waals surface area contributed by atoms with E-state index in [4.69, 9.17) is 9.15 Å². The molecule has 0 amide bonds. The number of nitrogens with zero attached hydrogens (tertiary/aromatic N) is 4. The second-order valence-electron chi connectivity index (χ2n) is 7.08. The van der Waals surface area contributed by atoms with Crippen LogP contribution in [0.25, 0.3) is 0 Å². The van der Waals surface area contributed by atoms with Gasteiger partial charge >= 0.3 is 0 Å². The Morgan fingerprint density at radius 1 is 1.17 bits per heavy atom. The van der Waals surface area contributed by atoms with Crippen LogP contribution in [0.2, 0.25) is 0 Å². The molecular formula is C21H24N4O3S. The van der Waals surface area contributed by atoms with Gasteiger partial charge in [-0.05, 0) is 31.5 Å². The van der Waals surface area contributed by atoms with Crippen LogP contribution < -0.4 is 4.90 Å². The number of morpholine rings is 1. The van der Waals surface area contributed by atoms with Gasteiger partial charge in [-0.15, -0.1) is 10.2 Å². The summed E-state index contributed by atoms with van der Waals surface area (Å²) in [6.07, 6.45) is 1.66. The minimum atomic E-state index is 0.0907. The zero-order valence-electron chi connectivity index (χ0n) is 16.6. The largest absolute Gasteiger partial charge is 0.467 e. The monoisotopic (exact) mass is 412 g/mol. The standard InChI is InChI=1S/C21H24N4O3S/c1-15-5-6-18(16(2)12-15)19(26)14-29-21-23-22-20(24-7-10-27-11-8-24)25(21)13-17-4-3-9-28-17/h3-6,9,12H,7-8,10-11,13-14H2,1-2H3. The predicted octanol–water partition coefficient (Wildman–Crippen LogP) is 3.35. The smallest absolute Gasteiger partial charge is 0.228 e. The van der Waals surface area contributed by atoms with Crippen LogP contribution in [0.4, 0.5) is 5.95 Å². The van der Waals surface area contributed by atoms with Crippen molar-refractivity contribution in [3.8, 4) is 0 Å². The van der Waals surface area contributed by atoms with Crippen molar-refractivity contribution in [2.24, 2.45) is 0 Å². The maximum Gasteiger partial charge on any atom is 0.228 e. The van der Waals surface area contributed by atoms with Gasteiger partial charge < -0.3 is 14.1 Å². The number of carbonyl (C=O) groups excluding carboxylic acids is 1. The molecule has 1 saturated heterocycles. The maximum atomic E-state index is 12.8. The molecule has 2 aromatic heterocycles. The van der Waals surface area contributed by atoms with E-state index in [1.54, 1.807) is 6.26 Å². The Hall–Kier alpha value is -2.58. The van der Waals surface area contributed by atoms with E-state index >= 15 is 0 Å². The molecular weight excluding hydrogens is 388 g/mol. The summed E-state index contributed by atoms with van der Waals surface area (Å²) >= 11 is 1.41. The first kappa shape index (κ1) is 19.7. The summed E-state index contributed by atoms with van der Waals surface area (Å²) in [7, 11) is 0. The highest BCUT2D eigenvalue weighted by Gasteiger charge is 2.22. The molecule has 3 heterocycles. The Balaban J connectivity index is 1.54. The van der Waals surface area contributed by atoms with Crippen molar-refractivity contribution < 1.29 is 13.9 Å². The normalized spacial score (nSPS) is 14.3. The number of aryl methyl sites for hydroxylation is 2. The fourth-order valence-corrected chi connectivity index (χ4v) is 4.23. The molecule has 0 atom stereocenters. The SMILES string of the molecule is Cc1ccc(C(=O)CSc2nnc(N3CCOCC3)n2Cc2ccco2)c(C)c1. The van der Waals surface area contributed by atoms with Crippen molar-refractivity contribution in [2.75, 3.05) is 37.0 Å². The first-order valence-corrected chi connectivity index (χ1v) is 10.6. The van der Waals surface area contributed by atoms with Crippen molar-refractivity contribution in [1.82, 2.24) is 14.8 Å². The number of carbonyl (C=O) groups is 1. The molecule has 4 rings (SSSR count). The molecule has 1 aromatic carbocycles. The van der Waals surface area contributed by atoms with Gasteiger partial charge in [-0.3, -0.25) is 9.36 Å². The van der Waals surface area contributed by atoms with Gasteiger partial charge in [0.1, 0.15) is 5.76 Å². The molecule has 1 aliphatic heterocycles. The average Bonchev–Trinajstić information content (AvgIpc) is 3.37. The van der Waals surface area contributed by atoms with Gasteiger partial charge in [0.05, 0.1) is 31.8 Å². The second kappa shape index (κ2) is 8.84. The van der Waals surface area contributed by atoms with E-state index in [2.05, 4.69) is 15.1 Å². The third kappa shape index (κ3) is 4.54. The highest BCUT2D eigenvalue weighted by Crippen LogP contribution is 2.25. The van der Waals surface area contributed by atoms with Gasteiger partial charge in [0, 0.05) is 18.7 Å². The number of ether oxygens (including phenoxy) is 1. The Kier molecular flexibility index (Phi) is 6.01. The van der Waals surface area contributed by atoms with Crippen LogP contribution in [0.3, 0.4) is 0 Å². The third-order valence-corrected chi connectivity index (χ3v) is 5.87. The summed E-state index contributed by atoms with van der Waals surface area (Å²) in [6, 6.07) is 9.71. The Bertz CT molecular complexity index is 978. The number of ketones is 1. The molecule has 0 radical (unpaired) electrons. The molecule has 0 aliphatic carbocycles. The zero-order valence-corrected chi connectivity index (χ0v) is 17.4. The lowest BCUT2D eigenvalue weighted by molar-refractivity contribution is 0.102. The number of anilines is 1. The number of Topliss-reactive ketones (excluding diaryl/α,β-unsaturated/α-hetero) is 1. The molecule has 1 fully saturated rings. The van der Waals surface area contributed by atoms with Gasteiger partial charge in [0.15, 0.2) is 10.9 Å². The quantitative estimate of drug-likeness (QED) is 0.435. The van der Waals surface area contributed by atoms with E-state index in [0.717, 1.165) is 41.5 Å². The molecule has 0 bridgehead atoms. The van der Waals surface area contributed by atoms with Crippen LogP contribution in [-0.2, 0) is 11.3 Å². The number of benzene rings is 1. The van der Waals surface area contributed by atoms with E-state index in [1.807, 2.05) is 48.7 Å². The van der Waals surface area contributed by atoms with E-state index in [9.17, 15) is 4.79 Å². The maximum absolute atomic E-state index is 12.8. The molecule has 1 aliphatic rings. The van der Waals surface area contributed by atoms with Gasteiger partial charge in [0.2, 0.25) is 5.95 Å². The van der Waals surface area contributed by atoms with Crippen molar-refractivity contribution in [3.05, 3.63) is 59.0 Å². The zero-order chi connectivity index (χ0) is 20.2. The summed E-state index contributed by atoms with van der Waals surface area (Å²) < 4.78 is 13.0. The molecule has 0 unspecified atom stereocenters. The molecule has 8 heteroatoms. The molecule has 0 N–H and O–H groups in total. The second-order valence-corrected chi connectivity index (χ2v) is 8.02. The van der Waals surface area contributed by atoms with Crippen molar-refractivity contribution in [3.63, 3.8) is 0 Å². The van der Waals surface area contributed by atoms with Crippen molar-refractivity contribution in [2.45, 2.75) is 25.5 Å². The minimum Gasteiger partial charge on any atom is -0.467 e. The Morgan fingerprint density at radius 2 is 2.00 bits per heavy atom. The van der Waals surface area contributed by atoms with Crippen molar-refractivity contribution >= 4 is 23.5 Å². The first-order valence-electron chi connectivity index (χ1n) is 9.63. The van der Waals surface area contributed by atoms with E-state index in [1.165, 1.54) is 11.8 Å². The van der Waals surface area contributed by atoms with Crippen LogP contribution in [0, 0.1) is 13.8 Å². The lowest BCUT2D eigenvalue weighted by Crippen LogP contribution is -2.38. The molecule has 152 valence electrons. The predicted molar refractivity (Wildman–Crippen MR) is 112 cm³/mol. The average molecular weight is 413 g/mol. The Labute approximate surface area is 174 Å². The summed E-state index contributed by atoms with van der Waals surface area (Å²) in [5.41, 5.74) is 2.91. The van der Waals surface area contributed by atoms with Gasteiger partial charge in [-0.25, -0.2) is 0 Å². The van der Waals surface area contributed by atoms with Crippen LogP contribution in [0.5, 0.6) is 0 Å². The highest BCUT2D eigenvalue weighted by atomic mass is 32.2. The number of aromatic nitrogens is 3. The number of rotatable bonds is 7. The topological polar surface area (TPSA) is 73.4 Å². The van der Waals surface area contributed by atoms with Crippen molar-refractivity contribution in [1.29, 1.82) is 0 Å². The summed E-state index contributed by atoms with van der Waals surface area (Å²) in [4.78, 5) is 14.9. The van der Waals surface area contributed by atoms with Gasteiger partial charge in [-0.2, -0.15) is 0 Å². The summed E-state index contributed by atoms with van der Waals surface area (Å²) in [5.74, 6) is 2.00. The van der Waals surface area contributed by atoms with E-state index < -0.39 is 0 Å². The van der Waals surface area contributed by atoms with Crippen LogP contribution in [-0.4, -0.2) is 52.6 Å². The lowest BCUT2D eigenvalue weighted by atomic mass is 10.0. The number of hydrogen-bond donors (Lipinski definition) is 0. The fourth-order valence-electron chi connectivity index (χ4n) is 3.42. The molecule has 29 heavy (non-hydrogen) atoms. The van der Waals surface area contributed by atoms with Crippen LogP contribution >= 0.6 is 11.8 Å². The number of furan rings is 1. The summed E-state index contributed by atoms with van der Waals surface area (Å²) in [6.45, 7) is 7.39. The lowest BCUT2D eigenvalue weighted by Gasteiger charge is -2.27. The van der Waals surface area contributed by atoms with E-state index in [0.29, 0.717) is 30.7 Å². The van der Waals surface area contributed by atoms with Crippen LogP contribution in [0.1, 0.15) is 27.2 Å². The molecule has 0 saturated carbocycles. The van der Waals surface area contributed by atoms with Crippen LogP contribution in [0.15, 0.2) is 46.2 Å². The first-order chi connectivity index (χ1) is 14.1. The number of hydrogen-bond acceptors (Lipinski definition) is 7. The van der Waals surface area contributed by atoms with Gasteiger partial charge in [-0.1, -0.05) is 35.5 Å². The highest BCUT2D eigenvalue weighted by molar-refractivity contribution is 7.99. The van der Waals surface area contributed by atoms with E-state index in [-0.39, 0.29) is 5.78 Å².